The van der Waals surface area contributed by atoms with Gasteiger partial charge in [0.15, 0.2) is 0 Å². The highest BCUT2D eigenvalue weighted by Gasteiger charge is 2.50. The van der Waals surface area contributed by atoms with Gasteiger partial charge in [-0.2, -0.15) is 0 Å². The summed E-state index contributed by atoms with van der Waals surface area (Å²) in [5.74, 6) is 0. The second-order valence-corrected chi connectivity index (χ2v) is 3.59. The average Bonchev–Trinajstić information content (AvgIpc) is 1.95. The number of hydrogen-bond acceptors (Lipinski definition) is 4. The molecular weight excluding hydrogens is 223 g/mol. The molecule has 0 aliphatic carbocycles. The van der Waals surface area contributed by atoms with Gasteiger partial charge >= 0.3 is 0 Å². The van der Waals surface area contributed by atoms with Crippen LogP contribution in [0.25, 0.3) is 0 Å². The van der Waals surface area contributed by atoms with Crippen LogP contribution < -0.4 is 0 Å². The molecule has 0 aromatic carbocycles. The summed E-state index contributed by atoms with van der Waals surface area (Å²) in [7, 11) is 0. The van der Waals surface area contributed by atoms with E-state index in [9.17, 15) is 4.39 Å². The molecule has 1 heterocycles. The first-order chi connectivity index (χ1) is 4.96. The summed E-state index contributed by atoms with van der Waals surface area (Å²) in [4.78, 5) is 0. The number of rotatable bonds is 0. The van der Waals surface area contributed by atoms with E-state index in [1.807, 2.05) is 0 Å². The molecule has 11 heavy (non-hydrogen) atoms. The molecule has 4 atom stereocenters. The van der Waals surface area contributed by atoms with Gasteiger partial charge in [0.2, 0.25) is 10.9 Å². The van der Waals surface area contributed by atoms with E-state index in [2.05, 4.69) is 20.7 Å². The molecule has 1 fully saturated rings. The lowest BCUT2D eigenvalue weighted by Crippen LogP contribution is -2.56. The number of ether oxygens (including phenoxy) is 1. The molecule has 1 saturated heterocycles. The van der Waals surface area contributed by atoms with Crippen molar-refractivity contribution in [3.8, 4) is 0 Å². The Morgan fingerprint density at radius 1 is 1.45 bits per heavy atom. The van der Waals surface area contributed by atoms with Crippen LogP contribution in [-0.4, -0.2) is 45.0 Å². The van der Waals surface area contributed by atoms with Crippen LogP contribution in [0, 0.1) is 0 Å². The second-order valence-electron chi connectivity index (χ2n) is 2.37. The van der Waals surface area contributed by atoms with Gasteiger partial charge < -0.3 is 20.1 Å². The lowest BCUT2D eigenvalue weighted by atomic mass is 10.1. The van der Waals surface area contributed by atoms with Crippen molar-refractivity contribution in [2.24, 2.45) is 0 Å². The van der Waals surface area contributed by atoms with Crippen molar-refractivity contribution >= 4 is 15.9 Å². The fourth-order valence-electron chi connectivity index (χ4n) is 0.795. The summed E-state index contributed by atoms with van der Waals surface area (Å²) in [5.41, 5.74) is 0. The predicted octanol–water partition coefficient (Wildman–Crippen LogP) is -0.883. The van der Waals surface area contributed by atoms with E-state index in [-0.39, 0.29) is 6.61 Å². The fraction of sp³-hybridized carbons (Fsp3) is 1.00. The summed E-state index contributed by atoms with van der Waals surface area (Å²) < 4.78 is 15.0. The normalized spacial score (nSPS) is 52.6. The summed E-state index contributed by atoms with van der Waals surface area (Å²) >= 11 is 2.41. The van der Waals surface area contributed by atoms with E-state index < -0.39 is 23.1 Å². The maximum atomic E-state index is 13.0. The Balaban J connectivity index is 2.72. The smallest absolute Gasteiger partial charge is 0.243 e. The van der Waals surface area contributed by atoms with Crippen molar-refractivity contribution in [2.45, 2.75) is 23.1 Å². The third-order valence-electron chi connectivity index (χ3n) is 1.51. The topological polar surface area (TPSA) is 69.9 Å². The van der Waals surface area contributed by atoms with Gasteiger partial charge in [0.25, 0.3) is 0 Å². The Hall–Kier alpha value is 0.250. The van der Waals surface area contributed by atoms with Gasteiger partial charge in [-0.25, -0.2) is 4.39 Å². The first-order valence-electron chi connectivity index (χ1n) is 3.00. The van der Waals surface area contributed by atoms with Crippen molar-refractivity contribution in [2.75, 3.05) is 6.61 Å². The Kier molecular flexibility index (Phi) is 2.50. The lowest BCUT2D eigenvalue weighted by Gasteiger charge is -2.36. The zero-order chi connectivity index (χ0) is 8.65. The molecule has 0 amide bonds. The second kappa shape index (κ2) is 2.95. The Bertz CT molecular complexity index is 153. The number of hydrogen-bond donors (Lipinski definition) is 3. The van der Waals surface area contributed by atoms with Crippen LogP contribution >= 0.6 is 15.9 Å². The van der Waals surface area contributed by atoms with E-state index in [1.165, 1.54) is 0 Å². The predicted molar refractivity (Wildman–Crippen MR) is 36.7 cm³/mol. The fourth-order valence-corrected chi connectivity index (χ4v) is 1.23. The van der Waals surface area contributed by atoms with Gasteiger partial charge in [0.05, 0.1) is 6.61 Å². The van der Waals surface area contributed by atoms with Crippen LogP contribution in [0.2, 0.25) is 0 Å². The van der Waals surface area contributed by atoms with Crippen molar-refractivity contribution in [1.82, 2.24) is 0 Å². The van der Waals surface area contributed by atoms with Crippen LogP contribution in [-0.2, 0) is 4.74 Å². The molecule has 4 nitrogen and oxygen atoms in total. The Morgan fingerprint density at radius 3 is 2.45 bits per heavy atom. The average molecular weight is 231 g/mol. The first-order valence-corrected chi connectivity index (χ1v) is 3.79. The summed E-state index contributed by atoms with van der Waals surface area (Å²) in [5, 5.41) is 26.6. The van der Waals surface area contributed by atoms with E-state index in [0.29, 0.717) is 0 Å². The van der Waals surface area contributed by atoms with E-state index >= 15 is 0 Å². The zero-order valence-electron chi connectivity index (χ0n) is 5.44. The molecule has 66 valence electrons. The molecular formula is C5H8BrFO4. The molecule has 1 aliphatic heterocycles. The molecule has 0 saturated carbocycles. The van der Waals surface area contributed by atoms with E-state index in [0.717, 1.165) is 0 Å². The zero-order valence-corrected chi connectivity index (χ0v) is 7.03. The van der Waals surface area contributed by atoms with Gasteiger partial charge in [0, 0.05) is 0 Å². The van der Waals surface area contributed by atoms with Crippen molar-refractivity contribution in [3.63, 3.8) is 0 Å². The molecule has 0 spiro atoms. The Labute approximate surface area is 70.7 Å². The van der Waals surface area contributed by atoms with Gasteiger partial charge in [-0.05, 0) is 15.9 Å². The van der Waals surface area contributed by atoms with Crippen LogP contribution in [0.3, 0.4) is 0 Å². The molecule has 6 heteroatoms. The third-order valence-corrected chi connectivity index (χ3v) is 2.37. The number of alkyl halides is 2. The van der Waals surface area contributed by atoms with Crippen LogP contribution in [0.1, 0.15) is 0 Å². The van der Waals surface area contributed by atoms with Crippen LogP contribution in [0.15, 0.2) is 0 Å². The summed E-state index contributed by atoms with van der Waals surface area (Å²) in [6, 6.07) is 0. The standard InChI is InChI=1S/C5H8BrFO4/c6-5(7)3(9)2(8)1-11-4(5)10/h2-4,8-10H,1H2/t2-,3-,4?,5?/m1/s1. The lowest BCUT2D eigenvalue weighted by molar-refractivity contribution is -0.243. The maximum Gasteiger partial charge on any atom is 0.243 e. The Morgan fingerprint density at radius 2 is 2.00 bits per heavy atom. The van der Waals surface area contributed by atoms with Crippen molar-refractivity contribution in [3.05, 3.63) is 0 Å². The van der Waals surface area contributed by atoms with Crippen LogP contribution in [0.4, 0.5) is 4.39 Å². The van der Waals surface area contributed by atoms with E-state index in [1.54, 1.807) is 0 Å². The highest BCUT2D eigenvalue weighted by Crippen LogP contribution is 2.34. The molecule has 0 radical (unpaired) electrons. The number of aliphatic hydroxyl groups is 3. The summed E-state index contributed by atoms with van der Waals surface area (Å²) in [6.07, 6.45) is -4.74. The minimum absolute atomic E-state index is 0.278. The molecule has 1 rings (SSSR count). The number of halogens is 2. The largest absolute Gasteiger partial charge is 0.388 e. The van der Waals surface area contributed by atoms with Crippen molar-refractivity contribution < 1.29 is 24.4 Å². The highest BCUT2D eigenvalue weighted by atomic mass is 79.9. The third kappa shape index (κ3) is 1.54. The van der Waals surface area contributed by atoms with Gasteiger partial charge in [-0.15, -0.1) is 0 Å². The molecule has 3 N–H and O–H groups in total. The minimum Gasteiger partial charge on any atom is -0.388 e. The first kappa shape index (κ1) is 9.34. The molecule has 2 unspecified atom stereocenters. The highest BCUT2D eigenvalue weighted by molar-refractivity contribution is 9.10. The van der Waals surface area contributed by atoms with Gasteiger partial charge in [-0.1, -0.05) is 0 Å². The van der Waals surface area contributed by atoms with Gasteiger partial charge in [0.1, 0.15) is 12.2 Å². The van der Waals surface area contributed by atoms with Crippen molar-refractivity contribution in [1.29, 1.82) is 0 Å². The monoisotopic (exact) mass is 230 g/mol. The SMILES string of the molecule is OC1OC[C@@H](O)[C@@H](O)C1(F)Br. The summed E-state index contributed by atoms with van der Waals surface area (Å²) in [6.45, 7) is -0.278. The van der Waals surface area contributed by atoms with Gasteiger partial charge in [-0.3, -0.25) is 0 Å². The maximum absolute atomic E-state index is 13.0. The van der Waals surface area contributed by atoms with Crippen LogP contribution in [0.5, 0.6) is 0 Å². The molecule has 0 bridgehead atoms. The quantitative estimate of drug-likeness (QED) is 0.473. The molecule has 1 aliphatic rings. The van der Waals surface area contributed by atoms with E-state index in [4.69, 9.17) is 15.3 Å². The molecule has 0 aromatic rings. The molecule has 0 aromatic heterocycles. The number of aliphatic hydroxyl groups excluding tert-OH is 3. The minimum atomic E-state index is -2.48.